The number of hydrogen-bond acceptors (Lipinski definition) is 3. The first-order chi connectivity index (χ1) is 8.35. The second-order valence-electron chi connectivity index (χ2n) is 3.88. The van der Waals surface area contributed by atoms with E-state index in [4.69, 9.17) is 9.05 Å². The summed E-state index contributed by atoms with van der Waals surface area (Å²) >= 11 is 0. The van der Waals surface area contributed by atoms with E-state index in [1.807, 2.05) is 48.5 Å². The van der Waals surface area contributed by atoms with Gasteiger partial charge in [-0.05, 0) is 18.2 Å². The van der Waals surface area contributed by atoms with Gasteiger partial charge in [0, 0.05) is 0 Å². The zero-order chi connectivity index (χ0) is 11.3. The Kier molecular flexibility index (Phi) is 2.68. The number of hydrogen-bond donors (Lipinski definition) is 1. The molecule has 1 unspecified atom stereocenters. The molecule has 0 aliphatic carbocycles. The monoisotopic (exact) mass is 251 g/mol. The Balaban J connectivity index is 0.000001000. The predicted molar refractivity (Wildman–Crippen MR) is 67.7 cm³/mol. The van der Waals surface area contributed by atoms with E-state index in [1.54, 1.807) is 0 Å². The molecular formula is C12H9LiN2O2P+. The van der Waals surface area contributed by atoms with Crippen molar-refractivity contribution in [3.05, 3.63) is 53.6 Å². The Bertz CT molecular complexity index is 501. The Morgan fingerprint density at radius 1 is 0.889 bits per heavy atom. The van der Waals surface area contributed by atoms with E-state index in [1.165, 1.54) is 0 Å². The minimum atomic E-state index is -2.39. The van der Waals surface area contributed by atoms with Crippen molar-refractivity contribution in [1.29, 1.82) is 0 Å². The van der Waals surface area contributed by atoms with Crippen molar-refractivity contribution in [3.8, 4) is 11.5 Å². The molecule has 1 atom stereocenters. The molecule has 0 amide bonds. The van der Waals surface area contributed by atoms with E-state index in [9.17, 15) is 0 Å². The molecule has 6 heteroatoms. The number of nitrogens with one attached hydrogen (secondary N) is 1. The van der Waals surface area contributed by atoms with Gasteiger partial charge >= 0.3 is 26.9 Å². The van der Waals surface area contributed by atoms with E-state index in [2.05, 4.69) is 10.2 Å². The van der Waals surface area contributed by atoms with Crippen LogP contribution in [0.15, 0.2) is 48.5 Å². The average Bonchev–Trinajstić information content (AvgIpc) is 2.87. The molecule has 2 aliphatic rings. The Hall–Kier alpha value is -1.33. The number of nitrogens with zero attached hydrogens (tertiary/aromatic N) is 1. The first kappa shape index (κ1) is 11.7. The van der Waals surface area contributed by atoms with Crippen LogP contribution in [0.3, 0.4) is 0 Å². The van der Waals surface area contributed by atoms with Crippen molar-refractivity contribution in [2.45, 2.75) is 0 Å². The molecule has 0 bridgehead atoms. The van der Waals surface area contributed by atoms with Gasteiger partial charge in [-0.25, -0.2) is 0 Å². The summed E-state index contributed by atoms with van der Waals surface area (Å²) in [6, 6.07) is 15.5. The van der Waals surface area contributed by atoms with Crippen molar-refractivity contribution < 1.29 is 27.9 Å². The van der Waals surface area contributed by atoms with Crippen LogP contribution in [0.1, 0.15) is 0 Å². The number of fused-ring (bicyclic) bond motifs is 2. The molecule has 2 aliphatic heterocycles. The summed E-state index contributed by atoms with van der Waals surface area (Å²) in [7, 11) is -2.39. The van der Waals surface area contributed by atoms with Crippen LogP contribution in [0.2, 0.25) is 0 Å². The molecule has 2 heterocycles. The maximum Gasteiger partial charge on any atom is 1.00 e. The van der Waals surface area contributed by atoms with Gasteiger partial charge < -0.3 is 5.09 Å². The Labute approximate surface area is 117 Å². The normalized spacial score (nSPS) is 21.8. The average molecular weight is 251 g/mol. The van der Waals surface area contributed by atoms with Crippen molar-refractivity contribution in [3.63, 3.8) is 0 Å². The Morgan fingerprint density at radius 2 is 1.56 bits per heavy atom. The van der Waals surface area contributed by atoms with Crippen LogP contribution in [0.4, 0.5) is 11.4 Å². The zero-order valence-electron chi connectivity index (χ0n) is 9.83. The molecule has 4 nitrogen and oxygen atoms in total. The topological polar surface area (TPSA) is 44.6 Å². The summed E-state index contributed by atoms with van der Waals surface area (Å²) in [5.74, 6) is 1.58. The van der Waals surface area contributed by atoms with Crippen molar-refractivity contribution in [2.24, 2.45) is 0 Å². The third-order valence-electron chi connectivity index (χ3n) is 2.70. The largest absolute Gasteiger partial charge is 1.00 e. The SMILES string of the molecule is [Li+].c1ccc2c(c1)[N-][P+]1(Nc3ccccc3O1)O2. The summed E-state index contributed by atoms with van der Waals surface area (Å²) in [5, 5.41) is 7.81. The molecule has 0 aromatic heterocycles. The van der Waals surface area contributed by atoms with Gasteiger partial charge in [-0.3, -0.25) is 9.05 Å². The predicted octanol–water partition coefficient (Wildman–Crippen LogP) is 1.27. The smallest absolute Gasteiger partial charge is 0.433 e. The standard InChI is InChI=1S/C12H9N2O2P.Li/c1-3-7-11-9(5-1)13-17(15-11)14-10-6-2-4-8-12(10)16-17;/h1-8,13H;/q;+1. The molecule has 4 rings (SSSR count). The van der Waals surface area contributed by atoms with Crippen LogP contribution >= 0.6 is 8.02 Å². The summed E-state index contributed by atoms with van der Waals surface area (Å²) in [5.41, 5.74) is 1.79. The van der Waals surface area contributed by atoms with Crippen molar-refractivity contribution in [2.75, 3.05) is 5.09 Å². The fourth-order valence-corrected chi connectivity index (χ4v) is 3.99. The Morgan fingerprint density at radius 3 is 2.33 bits per heavy atom. The van der Waals surface area contributed by atoms with Crippen molar-refractivity contribution in [1.82, 2.24) is 0 Å². The third-order valence-corrected chi connectivity index (χ3v) is 4.59. The number of rotatable bonds is 0. The number of para-hydroxylation sites is 3. The first-order valence-electron chi connectivity index (χ1n) is 5.33. The summed E-state index contributed by atoms with van der Waals surface area (Å²) in [6.45, 7) is 0. The molecule has 2 aromatic carbocycles. The molecule has 18 heavy (non-hydrogen) atoms. The van der Waals surface area contributed by atoms with Crippen LogP contribution in [-0.4, -0.2) is 0 Å². The van der Waals surface area contributed by atoms with Crippen molar-refractivity contribution >= 4 is 19.4 Å². The van der Waals surface area contributed by atoms with E-state index < -0.39 is 8.02 Å². The van der Waals surface area contributed by atoms with E-state index in [0.717, 1.165) is 22.9 Å². The molecule has 1 spiro atoms. The number of benzene rings is 2. The van der Waals surface area contributed by atoms with Gasteiger partial charge in [-0.1, -0.05) is 36.0 Å². The van der Waals surface area contributed by atoms with Crippen LogP contribution in [0.25, 0.3) is 5.09 Å². The minimum Gasteiger partial charge on any atom is -0.433 e. The van der Waals surface area contributed by atoms with Gasteiger partial charge in [0.1, 0.15) is 5.69 Å². The molecule has 2 aromatic rings. The summed E-state index contributed by atoms with van der Waals surface area (Å²) in [4.78, 5) is 0. The summed E-state index contributed by atoms with van der Waals surface area (Å²) < 4.78 is 11.7. The molecule has 0 fully saturated rings. The van der Waals surface area contributed by atoms with Gasteiger partial charge in [-0.15, -0.1) is 0 Å². The summed E-state index contributed by atoms with van der Waals surface area (Å²) in [6.07, 6.45) is 0. The van der Waals surface area contributed by atoms with E-state index in [-0.39, 0.29) is 18.9 Å². The van der Waals surface area contributed by atoms with Gasteiger partial charge in [0.2, 0.25) is 5.75 Å². The second kappa shape index (κ2) is 4.10. The van der Waals surface area contributed by atoms with Gasteiger partial charge in [-0.2, -0.15) is 5.09 Å². The zero-order valence-corrected chi connectivity index (χ0v) is 10.7. The fourth-order valence-electron chi connectivity index (χ4n) is 1.95. The molecule has 0 saturated heterocycles. The third kappa shape index (κ3) is 1.66. The fraction of sp³-hybridized carbons (Fsp3) is 0. The van der Waals surface area contributed by atoms with Gasteiger partial charge in [0.15, 0.2) is 5.75 Å². The molecule has 84 valence electrons. The molecule has 0 saturated carbocycles. The van der Waals surface area contributed by atoms with E-state index >= 15 is 0 Å². The van der Waals surface area contributed by atoms with Crippen LogP contribution in [0.5, 0.6) is 11.5 Å². The van der Waals surface area contributed by atoms with Gasteiger partial charge in [0.25, 0.3) is 0 Å². The van der Waals surface area contributed by atoms with Crippen LogP contribution in [0, 0.1) is 0 Å². The second-order valence-corrected chi connectivity index (χ2v) is 5.71. The molecule has 0 radical (unpaired) electrons. The van der Waals surface area contributed by atoms with Crippen LogP contribution < -0.4 is 33.0 Å². The maximum atomic E-state index is 5.85. The first-order valence-corrected chi connectivity index (χ1v) is 6.90. The molecule has 1 N–H and O–H groups in total. The molecular weight excluding hydrogens is 242 g/mol. The quantitative estimate of drug-likeness (QED) is 0.566. The van der Waals surface area contributed by atoms with Gasteiger partial charge in [0.05, 0.1) is 0 Å². The van der Waals surface area contributed by atoms with E-state index in [0.29, 0.717) is 0 Å². The number of anilines is 1. The van der Waals surface area contributed by atoms with Crippen LogP contribution in [-0.2, 0) is 0 Å². The maximum absolute atomic E-state index is 5.85. The minimum absolute atomic E-state index is 0.